The molecule has 2 aromatic rings. The molecule has 1 atom stereocenters. The Labute approximate surface area is 158 Å². The molecule has 1 aliphatic rings. The van der Waals surface area contributed by atoms with Crippen LogP contribution in [-0.4, -0.2) is 30.1 Å². The normalized spacial score (nSPS) is 16.1. The van der Waals surface area contributed by atoms with E-state index in [1.165, 1.54) is 0 Å². The van der Waals surface area contributed by atoms with Gasteiger partial charge in [-0.15, -0.1) is 0 Å². The highest BCUT2D eigenvalue weighted by Crippen LogP contribution is 2.36. The number of aliphatic carboxylic acids is 1. The number of nitrogens with two attached hydrogens (primary N) is 1. The second-order valence-electron chi connectivity index (χ2n) is 6.69. The smallest absolute Gasteiger partial charge is 0.304 e. The summed E-state index contributed by atoms with van der Waals surface area (Å²) in [5, 5.41) is 9.17. The first-order chi connectivity index (χ1) is 13.1. The highest BCUT2D eigenvalue weighted by atomic mass is 16.5. The van der Waals surface area contributed by atoms with Crippen molar-refractivity contribution < 1.29 is 19.4 Å². The second kappa shape index (κ2) is 8.68. The summed E-state index contributed by atoms with van der Waals surface area (Å²) in [6.07, 6.45) is 1.01. The van der Waals surface area contributed by atoms with Crippen LogP contribution >= 0.6 is 0 Å². The molecule has 0 spiro atoms. The molecular weight excluding hydrogens is 344 g/mol. The first-order valence-corrected chi connectivity index (χ1v) is 9.11. The maximum Gasteiger partial charge on any atom is 0.304 e. The Hall–Kier alpha value is -2.86. The van der Waals surface area contributed by atoms with E-state index in [9.17, 15) is 14.7 Å². The van der Waals surface area contributed by atoms with Crippen molar-refractivity contribution in [2.45, 2.75) is 25.8 Å². The van der Waals surface area contributed by atoms with Gasteiger partial charge in [0.25, 0.3) is 0 Å². The lowest BCUT2D eigenvalue weighted by molar-refractivity contribution is -0.140. The third-order valence-corrected chi connectivity index (χ3v) is 4.65. The zero-order chi connectivity index (χ0) is 19.2. The van der Waals surface area contributed by atoms with Gasteiger partial charge in [-0.05, 0) is 36.6 Å². The van der Waals surface area contributed by atoms with Crippen LogP contribution in [0.5, 0.6) is 5.75 Å². The summed E-state index contributed by atoms with van der Waals surface area (Å²) >= 11 is 0. The molecule has 0 saturated heterocycles. The van der Waals surface area contributed by atoms with Crippen LogP contribution in [0.1, 0.15) is 24.0 Å². The number of hydrogen-bond acceptors (Lipinski definition) is 4. The maximum absolute atomic E-state index is 13.0. The van der Waals surface area contributed by atoms with Crippen molar-refractivity contribution in [3.8, 4) is 5.75 Å². The lowest BCUT2D eigenvalue weighted by Gasteiger charge is -2.34. The Bertz CT molecular complexity index is 807. The van der Waals surface area contributed by atoms with Crippen molar-refractivity contribution in [3.63, 3.8) is 0 Å². The molecule has 0 aromatic heterocycles. The van der Waals surface area contributed by atoms with Gasteiger partial charge in [-0.1, -0.05) is 36.4 Å². The quantitative estimate of drug-likeness (QED) is 0.699. The number of anilines is 1. The van der Waals surface area contributed by atoms with Gasteiger partial charge in [0.1, 0.15) is 5.75 Å². The number of carboxylic acids is 1. The number of carbonyl (C=O) groups excluding carboxylic acids is 1. The van der Waals surface area contributed by atoms with Crippen molar-refractivity contribution in [2.24, 2.45) is 11.7 Å². The molecule has 0 bridgehead atoms. The molecule has 1 amide bonds. The van der Waals surface area contributed by atoms with Gasteiger partial charge >= 0.3 is 5.97 Å². The Kier molecular flexibility index (Phi) is 6.08. The topological polar surface area (TPSA) is 92.9 Å². The monoisotopic (exact) mass is 368 g/mol. The maximum atomic E-state index is 13.0. The molecule has 6 nitrogen and oxygen atoms in total. The predicted octanol–water partition coefficient (Wildman–Crippen LogP) is 2.59. The molecule has 0 saturated carbocycles. The van der Waals surface area contributed by atoms with Gasteiger partial charge in [-0.2, -0.15) is 0 Å². The van der Waals surface area contributed by atoms with Crippen LogP contribution in [0.15, 0.2) is 48.5 Å². The first kappa shape index (κ1) is 18.9. The van der Waals surface area contributed by atoms with Crippen molar-refractivity contribution in [2.75, 3.05) is 18.1 Å². The molecule has 0 aliphatic carbocycles. The number of benzene rings is 2. The van der Waals surface area contributed by atoms with Crippen LogP contribution in [0.3, 0.4) is 0 Å². The third-order valence-electron chi connectivity index (χ3n) is 4.65. The van der Waals surface area contributed by atoms with Gasteiger partial charge in [0.2, 0.25) is 5.91 Å². The van der Waals surface area contributed by atoms with E-state index in [0.717, 1.165) is 23.2 Å². The van der Waals surface area contributed by atoms with Crippen molar-refractivity contribution >= 4 is 17.6 Å². The van der Waals surface area contributed by atoms with Crippen LogP contribution in [0.2, 0.25) is 0 Å². The molecule has 142 valence electrons. The van der Waals surface area contributed by atoms with E-state index in [0.29, 0.717) is 31.9 Å². The number of carboxylic acid groups (broad SMARTS) is 1. The second-order valence-corrected chi connectivity index (χ2v) is 6.69. The van der Waals surface area contributed by atoms with Crippen LogP contribution in [0, 0.1) is 5.92 Å². The lowest BCUT2D eigenvalue weighted by Crippen LogP contribution is -2.41. The molecule has 1 unspecified atom stereocenters. The van der Waals surface area contributed by atoms with E-state index in [2.05, 4.69) is 0 Å². The minimum atomic E-state index is -0.960. The van der Waals surface area contributed by atoms with Crippen LogP contribution in [-0.2, 0) is 22.6 Å². The van der Waals surface area contributed by atoms with Crippen molar-refractivity contribution in [1.29, 1.82) is 0 Å². The average molecular weight is 368 g/mol. The number of hydrogen-bond donors (Lipinski definition) is 2. The van der Waals surface area contributed by atoms with Gasteiger partial charge in [-0.3, -0.25) is 9.59 Å². The number of carbonyl (C=O) groups is 2. The Morgan fingerprint density at radius 1 is 1.22 bits per heavy atom. The zero-order valence-corrected chi connectivity index (χ0v) is 15.1. The number of amides is 1. The number of fused-ring (bicyclic) bond motifs is 1. The minimum Gasteiger partial charge on any atom is -0.493 e. The first-order valence-electron chi connectivity index (χ1n) is 9.11. The number of nitrogens with zero attached hydrogens (tertiary/aromatic N) is 1. The Morgan fingerprint density at radius 2 is 2.00 bits per heavy atom. The van der Waals surface area contributed by atoms with E-state index in [-0.39, 0.29) is 12.3 Å². The van der Waals surface area contributed by atoms with Gasteiger partial charge in [0.15, 0.2) is 0 Å². The van der Waals surface area contributed by atoms with Gasteiger partial charge in [0, 0.05) is 6.07 Å². The largest absolute Gasteiger partial charge is 0.493 e. The number of ether oxygens (including phenoxy) is 1. The SMILES string of the molecule is NCCCOc1ccc2c(c1)N(Cc1ccccc1)C(=O)C(CC(=O)O)C2. The Balaban J connectivity index is 1.91. The van der Waals surface area contributed by atoms with Crippen LogP contribution < -0.4 is 15.4 Å². The summed E-state index contributed by atoms with van der Waals surface area (Å²) in [5.41, 5.74) is 8.24. The zero-order valence-electron chi connectivity index (χ0n) is 15.1. The molecule has 1 aliphatic heterocycles. The van der Waals surface area contributed by atoms with E-state index >= 15 is 0 Å². The third kappa shape index (κ3) is 4.65. The minimum absolute atomic E-state index is 0.159. The van der Waals surface area contributed by atoms with Gasteiger partial charge in [-0.25, -0.2) is 0 Å². The van der Waals surface area contributed by atoms with E-state index in [1.54, 1.807) is 4.90 Å². The fourth-order valence-electron chi connectivity index (χ4n) is 3.32. The van der Waals surface area contributed by atoms with Gasteiger partial charge < -0.3 is 20.5 Å². The molecule has 2 aromatic carbocycles. The van der Waals surface area contributed by atoms with E-state index in [1.807, 2.05) is 48.5 Å². The van der Waals surface area contributed by atoms with E-state index < -0.39 is 11.9 Å². The lowest BCUT2D eigenvalue weighted by atomic mass is 9.89. The molecule has 27 heavy (non-hydrogen) atoms. The van der Waals surface area contributed by atoms with Crippen LogP contribution in [0.25, 0.3) is 0 Å². The molecule has 3 rings (SSSR count). The molecular formula is C21H24N2O4. The predicted molar refractivity (Wildman–Crippen MR) is 103 cm³/mol. The summed E-state index contributed by atoms with van der Waals surface area (Å²) in [6.45, 7) is 1.47. The van der Waals surface area contributed by atoms with Crippen molar-refractivity contribution in [1.82, 2.24) is 0 Å². The average Bonchev–Trinajstić information content (AvgIpc) is 2.66. The number of rotatable bonds is 8. The molecule has 0 radical (unpaired) electrons. The summed E-state index contributed by atoms with van der Waals surface area (Å²) < 4.78 is 5.73. The summed E-state index contributed by atoms with van der Waals surface area (Å²) in [5.74, 6) is -0.987. The highest BCUT2D eigenvalue weighted by Gasteiger charge is 2.34. The Morgan fingerprint density at radius 3 is 2.70 bits per heavy atom. The fourth-order valence-corrected chi connectivity index (χ4v) is 3.32. The fraction of sp³-hybridized carbons (Fsp3) is 0.333. The molecule has 1 heterocycles. The van der Waals surface area contributed by atoms with E-state index in [4.69, 9.17) is 10.5 Å². The highest BCUT2D eigenvalue weighted by molar-refractivity contribution is 5.99. The van der Waals surface area contributed by atoms with Crippen molar-refractivity contribution in [3.05, 3.63) is 59.7 Å². The standard InChI is InChI=1S/C21H24N2O4/c22-9-4-10-27-18-8-7-16-11-17(12-20(24)25)21(26)23(19(16)13-18)14-15-5-2-1-3-6-15/h1-3,5-8,13,17H,4,9-12,14,22H2,(H,24,25). The molecule has 6 heteroatoms. The summed E-state index contributed by atoms with van der Waals surface area (Å²) in [7, 11) is 0. The summed E-state index contributed by atoms with van der Waals surface area (Å²) in [4.78, 5) is 25.9. The summed E-state index contributed by atoms with van der Waals surface area (Å²) in [6, 6.07) is 15.3. The van der Waals surface area contributed by atoms with Gasteiger partial charge in [0.05, 0.1) is 31.2 Å². The molecule has 0 fully saturated rings. The van der Waals surface area contributed by atoms with Crippen LogP contribution in [0.4, 0.5) is 5.69 Å². The molecule has 3 N–H and O–H groups in total.